The van der Waals surface area contributed by atoms with Gasteiger partial charge in [-0.15, -0.1) is 0 Å². The molecule has 0 saturated carbocycles. The van der Waals surface area contributed by atoms with Crippen LogP contribution in [-0.4, -0.2) is 20.9 Å². The number of carbonyl (C=O) groups is 1. The van der Waals surface area contributed by atoms with Gasteiger partial charge in [-0.3, -0.25) is 4.79 Å². The van der Waals surface area contributed by atoms with Gasteiger partial charge in [0.1, 0.15) is 5.76 Å². The van der Waals surface area contributed by atoms with Gasteiger partial charge >= 0.3 is 0 Å². The van der Waals surface area contributed by atoms with Gasteiger partial charge in [0.05, 0.1) is 29.6 Å². The molecule has 1 amide bonds. The number of H-pyrrole nitrogens is 1. The number of fused-ring (bicyclic) bond motifs is 1. The Balaban J connectivity index is 1.74. The maximum Gasteiger partial charge on any atom is 0.251 e. The third-order valence-corrected chi connectivity index (χ3v) is 2.94. The van der Waals surface area contributed by atoms with Crippen molar-refractivity contribution in [1.82, 2.24) is 20.3 Å². The molecule has 2 aromatic heterocycles. The number of rotatable bonds is 3. The van der Waals surface area contributed by atoms with Gasteiger partial charge in [0.2, 0.25) is 0 Å². The highest BCUT2D eigenvalue weighted by Crippen LogP contribution is 2.12. The van der Waals surface area contributed by atoms with Crippen LogP contribution in [0.25, 0.3) is 11.0 Å². The molecule has 0 unspecified atom stereocenters. The van der Waals surface area contributed by atoms with Gasteiger partial charge in [-0.1, -0.05) is 0 Å². The summed E-state index contributed by atoms with van der Waals surface area (Å²) in [5.41, 5.74) is 3.03. The second-order valence-electron chi connectivity index (χ2n) is 4.18. The van der Waals surface area contributed by atoms with Crippen LogP contribution in [0.5, 0.6) is 0 Å². The van der Waals surface area contributed by atoms with Crippen LogP contribution in [0.3, 0.4) is 0 Å². The number of aromatic amines is 1. The van der Waals surface area contributed by atoms with Crippen LogP contribution in [0.4, 0.5) is 0 Å². The van der Waals surface area contributed by atoms with Crippen molar-refractivity contribution in [2.24, 2.45) is 0 Å². The van der Waals surface area contributed by atoms with E-state index in [0.717, 1.165) is 16.7 Å². The van der Waals surface area contributed by atoms with E-state index in [2.05, 4.69) is 20.3 Å². The highest BCUT2D eigenvalue weighted by Gasteiger charge is 2.09. The molecule has 0 saturated heterocycles. The van der Waals surface area contributed by atoms with Crippen molar-refractivity contribution in [3.05, 3.63) is 47.9 Å². The van der Waals surface area contributed by atoms with Crippen molar-refractivity contribution < 1.29 is 9.21 Å². The SMILES string of the molecule is Cc1ncoc1CNC(=O)c1ccc2nc[nH]c2c1. The molecule has 0 atom stereocenters. The van der Waals surface area contributed by atoms with Crippen molar-refractivity contribution >= 4 is 16.9 Å². The van der Waals surface area contributed by atoms with E-state index in [-0.39, 0.29) is 5.91 Å². The summed E-state index contributed by atoms with van der Waals surface area (Å²) in [5.74, 6) is 0.503. The predicted molar refractivity (Wildman–Crippen MR) is 68.5 cm³/mol. The summed E-state index contributed by atoms with van der Waals surface area (Å²) in [5, 5.41) is 2.79. The normalized spacial score (nSPS) is 10.8. The Morgan fingerprint density at radius 2 is 2.32 bits per heavy atom. The number of nitrogens with zero attached hydrogens (tertiary/aromatic N) is 2. The molecule has 1 aromatic carbocycles. The van der Waals surface area contributed by atoms with E-state index in [9.17, 15) is 4.79 Å². The molecule has 0 aliphatic carbocycles. The summed E-state index contributed by atoms with van der Waals surface area (Å²) >= 11 is 0. The summed E-state index contributed by atoms with van der Waals surface area (Å²) < 4.78 is 5.17. The Morgan fingerprint density at radius 1 is 1.42 bits per heavy atom. The summed E-state index contributed by atoms with van der Waals surface area (Å²) in [6.07, 6.45) is 2.97. The first-order valence-corrected chi connectivity index (χ1v) is 5.84. The molecule has 96 valence electrons. The number of hydrogen-bond acceptors (Lipinski definition) is 4. The monoisotopic (exact) mass is 256 g/mol. The fourth-order valence-corrected chi connectivity index (χ4v) is 1.84. The number of nitrogens with one attached hydrogen (secondary N) is 2. The number of carbonyl (C=O) groups excluding carboxylic acids is 1. The van der Waals surface area contributed by atoms with Crippen molar-refractivity contribution in [1.29, 1.82) is 0 Å². The fraction of sp³-hybridized carbons (Fsp3) is 0.154. The zero-order valence-electron chi connectivity index (χ0n) is 10.3. The van der Waals surface area contributed by atoms with Crippen molar-refractivity contribution in [3.63, 3.8) is 0 Å². The summed E-state index contributed by atoms with van der Waals surface area (Å²) in [6.45, 7) is 2.16. The Kier molecular flexibility index (Phi) is 2.75. The Morgan fingerprint density at radius 3 is 3.11 bits per heavy atom. The van der Waals surface area contributed by atoms with Gasteiger partial charge in [-0.2, -0.15) is 0 Å². The fourth-order valence-electron chi connectivity index (χ4n) is 1.84. The van der Waals surface area contributed by atoms with Crippen LogP contribution in [0.2, 0.25) is 0 Å². The molecule has 3 rings (SSSR count). The molecular weight excluding hydrogens is 244 g/mol. The number of benzene rings is 1. The third-order valence-electron chi connectivity index (χ3n) is 2.94. The van der Waals surface area contributed by atoms with Crippen molar-refractivity contribution in [2.75, 3.05) is 0 Å². The lowest BCUT2D eigenvalue weighted by Gasteiger charge is -2.03. The maximum atomic E-state index is 12.0. The molecule has 0 radical (unpaired) electrons. The molecular formula is C13H12N4O2. The van der Waals surface area contributed by atoms with E-state index >= 15 is 0 Å². The Bertz CT molecular complexity index is 729. The minimum absolute atomic E-state index is 0.160. The quantitative estimate of drug-likeness (QED) is 0.748. The molecule has 19 heavy (non-hydrogen) atoms. The number of oxazole rings is 1. The smallest absolute Gasteiger partial charge is 0.251 e. The number of aryl methyl sites for hydroxylation is 1. The first-order valence-electron chi connectivity index (χ1n) is 5.84. The van der Waals surface area contributed by atoms with Crippen LogP contribution in [0.1, 0.15) is 21.8 Å². The van der Waals surface area contributed by atoms with Crippen LogP contribution in [-0.2, 0) is 6.54 Å². The van der Waals surface area contributed by atoms with Gasteiger partial charge in [0.25, 0.3) is 5.91 Å². The van der Waals surface area contributed by atoms with Crippen LogP contribution < -0.4 is 5.32 Å². The highest BCUT2D eigenvalue weighted by atomic mass is 16.3. The third kappa shape index (κ3) is 2.20. The van der Waals surface area contributed by atoms with Crippen molar-refractivity contribution in [3.8, 4) is 0 Å². The van der Waals surface area contributed by atoms with E-state index in [1.54, 1.807) is 24.5 Å². The molecule has 6 heteroatoms. The molecule has 0 aliphatic heterocycles. The molecule has 0 spiro atoms. The maximum absolute atomic E-state index is 12.0. The van der Waals surface area contributed by atoms with E-state index in [1.165, 1.54) is 6.39 Å². The average molecular weight is 256 g/mol. The van der Waals surface area contributed by atoms with Gasteiger partial charge in [0, 0.05) is 5.56 Å². The molecule has 3 aromatic rings. The largest absolute Gasteiger partial charge is 0.446 e. The second-order valence-corrected chi connectivity index (χ2v) is 4.18. The van der Waals surface area contributed by atoms with E-state index in [1.807, 2.05) is 6.92 Å². The molecule has 2 N–H and O–H groups in total. The second kappa shape index (κ2) is 4.56. The van der Waals surface area contributed by atoms with Gasteiger partial charge < -0.3 is 14.7 Å². The van der Waals surface area contributed by atoms with E-state index < -0.39 is 0 Å². The summed E-state index contributed by atoms with van der Waals surface area (Å²) in [7, 11) is 0. The number of aromatic nitrogens is 3. The lowest BCUT2D eigenvalue weighted by Crippen LogP contribution is -2.22. The number of imidazole rings is 1. The van der Waals surface area contributed by atoms with Crippen LogP contribution in [0, 0.1) is 6.92 Å². The first kappa shape index (κ1) is 11.5. The molecule has 6 nitrogen and oxygen atoms in total. The first-order chi connectivity index (χ1) is 9.24. The van der Waals surface area contributed by atoms with Crippen LogP contribution >= 0.6 is 0 Å². The Hall–Kier alpha value is -2.63. The van der Waals surface area contributed by atoms with Gasteiger partial charge in [0.15, 0.2) is 6.39 Å². The highest BCUT2D eigenvalue weighted by molar-refractivity contribution is 5.97. The predicted octanol–water partition coefficient (Wildman–Crippen LogP) is 1.79. The molecule has 0 aliphatic rings. The standard InChI is InChI=1S/C13H12N4O2/c1-8-12(19-7-17-8)5-14-13(18)9-2-3-10-11(4-9)16-6-15-10/h2-4,6-7H,5H2,1H3,(H,14,18)(H,15,16). The lowest BCUT2D eigenvalue weighted by molar-refractivity contribution is 0.0948. The van der Waals surface area contributed by atoms with Crippen LogP contribution in [0.15, 0.2) is 35.3 Å². The summed E-state index contributed by atoms with van der Waals surface area (Å²) in [4.78, 5) is 23.1. The topological polar surface area (TPSA) is 83.8 Å². The zero-order chi connectivity index (χ0) is 13.2. The van der Waals surface area contributed by atoms with Crippen molar-refractivity contribution in [2.45, 2.75) is 13.5 Å². The molecule has 0 fully saturated rings. The minimum atomic E-state index is -0.160. The molecule has 0 bridgehead atoms. The molecule has 2 heterocycles. The minimum Gasteiger partial charge on any atom is -0.446 e. The van der Waals surface area contributed by atoms with Gasteiger partial charge in [-0.25, -0.2) is 9.97 Å². The Labute approximate surface area is 108 Å². The van der Waals surface area contributed by atoms with Gasteiger partial charge in [-0.05, 0) is 25.1 Å². The summed E-state index contributed by atoms with van der Waals surface area (Å²) in [6, 6.07) is 5.32. The average Bonchev–Trinajstić information content (AvgIpc) is 3.03. The number of amides is 1. The van der Waals surface area contributed by atoms with E-state index in [0.29, 0.717) is 17.9 Å². The zero-order valence-corrected chi connectivity index (χ0v) is 10.3. The lowest BCUT2D eigenvalue weighted by atomic mass is 10.2. The van der Waals surface area contributed by atoms with E-state index in [4.69, 9.17) is 4.42 Å². The number of hydrogen-bond donors (Lipinski definition) is 2.